The van der Waals surface area contributed by atoms with E-state index in [0.717, 1.165) is 23.3 Å². The fraction of sp³-hybridized carbons (Fsp3) is 0.400. The molecule has 3 rings (SSSR count). The lowest BCUT2D eigenvalue weighted by Crippen LogP contribution is -2.43. The molecule has 0 spiro atoms. The molecule has 0 bridgehead atoms. The highest BCUT2D eigenvalue weighted by atomic mass is 32.1. The monoisotopic (exact) mass is 356 g/mol. The third kappa shape index (κ3) is 4.10. The van der Waals surface area contributed by atoms with Crippen LogP contribution in [0.1, 0.15) is 46.6 Å². The number of hydrogen-bond donors (Lipinski definition) is 1. The van der Waals surface area contributed by atoms with Crippen LogP contribution < -0.4 is 5.32 Å². The van der Waals surface area contributed by atoms with Crippen molar-refractivity contribution in [1.29, 1.82) is 0 Å². The Balaban J connectivity index is 1.53. The zero-order valence-electron chi connectivity index (χ0n) is 14.7. The SMILES string of the molecule is Cc1ccccc1C(C)NC(=O)C1CCN(C(=O)c2cccs2)CC1. The van der Waals surface area contributed by atoms with Gasteiger partial charge in [-0.3, -0.25) is 9.59 Å². The second-order valence-electron chi connectivity index (χ2n) is 6.63. The zero-order valence-corrected chi connectivity index (χ0v) is 15.5. The molecule has 5 heteroatoms. The Morgan fingerprint density at radius 3 is 2.52 bits per heavy atom. The number of amides is 2. The second kappa shape index (κ2) is 7.83. The molecular formula is C20H24N2O2S. The van der Waals surface area contributed by atoms with E-state index in [-0.39, 0.29) is 23.8 Å². The third-order valence-electron chi connectivity index (χ3n) is 4.90. The molecule has 2 aromatic rings. The highest BCUT2D eigenvalue weighted by Crippen LogP contribution is 2.23. The molecule has 132 valence electrons. The number of carbonyl (C=O) groups is 2. The molecule has 1 aromatic carbocycles. The predicted octanol–water partition coefficient (Wildman–Crippen LogP) is 3.79. The van der Waals surface area contributed by atoms with Crippen LogP contribution in [0.5, 0.6) is 0 Å². The molecule has 1 saturated heterocycles. The fourth-order valence-electron chi connectivity index (χ4n) is 3.38. The maximum Gasteiger partial charge on any atom is 0.263 e. The van der Waals surface area contributed by atoms with Gasteiger partial charge in [0.25, 0.3) is 5.91 Å². The van der Waals surface area contributed by atoms with Crippen molar-refractivity contribution in [1.82, 2.24) is 10.2 Å². The summed E-state index contributed by atoms with van der Waals surface area (Å²) in [4.78, 5) is 27.6. The molecule has 1 unspecified atom stereocenters. The van der Waals surface area contributed by atoms with Crippen LogP contribution in [0.3, 0.4) is 0 Å². The number of likely N-dealkylation sites (tertiary alicyclic amines) is 1. The van der Waals surface area contributed by atoms with Gasteiger partial charge in [0.1, 0.15) is 0 Å². The zero-order chi connectivity index (χ0) is 17.8. The first-order valence-electron chi connectivity index (χ1n) is 8.75. The van der Waals surface area contributed by atoms with Gasteiger partial charge in [0.05, 0.1) is 10.9 Å². The van der Waals surface area contributed by atoms with E-state index in [1.165, 1.54) is 16.9 Å². The molecule has 2 heterocycles. The molecule has 2 amide bonds. The van der Waals surface area contributed by atoms with Gasteiger partial charge in [-0.25, -0.2) is 0 Å². The average molecular weight is 356 g/mol. The van der Waals surface area contributed by atoms with Crippen LogP contribution in [0.15, 0.2) is 41.8 Å². The molecule has 0 aliphatic carbocycles. The third-order valence-corrected chi connectivity index (χ3v) is 5.76. The first-order valence-corrected chi connectivity index (χ1v) is 9.63. The van der Waals surface area contributed by atoms with Gasteiger partial charge < -0.3 is 10.2 Å². The lowest BCUT2D eigenvalue weighted by atomic mass is 9.94. The molecule has 1 N–H and O–H groups in total. The van der Waals surface area contributed by atoms with Crippen molar-refractivity contribution in [3.63, 3.8) is 0 Å². The summed E-state index contributed by atoms with van der Waals surface area (Å²) in [6.07, 6.45) is 1.45. The minimum absolute atomic E-state index is 0.000481. The van der Waals surface area contributed by atoms with E-state index >= 15 is 0 Å². The van der Waals surface area contributed by atoms with Crippen LogP contribution in [-0.2, 0) is 4.79 Å². The van der Waals surface area contributed by atoms with Crippen molar-refractivity contribution in [2.24, 2.45) is 5.92 Å². The normalized spacial score (nSPS) is 16.5. The van der Waals surface area contributed by atoms with Crippen molar-refractivity contribution in [3.05, 3.63) is 57.8 Å². The highest BCUT2D eigenvalue weighted by molar-refractivity contribution is 7.12. The number of nitrogens with one attached hydrogen (secondary N) is 1. The molecule has 1 aliphatic heterocycles. The molecule has 25 heavy (non-hydrogen) atoms. The minimum Gasteiger partial charge on any atom is -0.349 e. The number of benzene rings is 1. The van der Waals surface area contributed by atoms with Gasteiger partial charge in [0, 0.05) is 19.0 Å². The Kier molecular flexibility index (Phi) is 5.53. The van der Waals surface area contributed by atoms with Crippen molar-refractivity contribution in [2.75, 3.05) is 13.1 Å². The summed E-state index contributed by atoms with van der Waals surface area (Å²) < 4.78 is 0. The Morgan fingerprint density at radius 1 is 1.16 bits per heavy atom. The molecule has 1 aliphatic rings. The van der Waals surface area contributed by atoms with Crippen LogP contribution in [0.4, 0.5) is 0 Å². The summed E-state index contributed by atoms with van der Waals surface area (Å²) in [6, 6.07) is 11.9. The van der Waals surface area contributed by atoms with Crippen LogP contribution in [0.2, 0.25) is 0 Å². The first-order chi connectivity index (χ1) is 12.1. The second-order valence-corrected chi connectivity index (χ2v) is 7.58. The first kappa shape index (κ1) is 17.7. The lowest BCUT2D eigenvalue weighted by Gasteiger charge is -2.31. The van der Waals surface area contributed by atoms with Crippen molar-refractivity contribution >= 4 is 23.2 Å². The maximum absolute atomic E-state index is 12.6. The number of rotatable bonds is 4. The predicted molar refractivity (Wildman–Crippen MR) is 101 cm³/mol. The van der Waals surface area contributed by atoms with Gasteiger partial charge in [0.2, 0.25) is 5.91 Å². The number of hydrogen-bond acceptors (Lipinski definition) is 3. The molecule has 0 radical (unpaired) electrons. The van der Waals surface area contributed by atoms with Gasteiger partial charge in [-0.15, -0.1) is 11.3 Å². The summed E-state index contributed by atoms with van der Waals surface area (Å²) in [5.41, 5.74) is 2.34. The lowest BCUT2D eigenvalue weighted by molar-refractivity contribution is -0.126. The largest absolute Gasteiger partial charge is 0.349 e. The fourth-order valence-corrected chi connectivity index (χ4v) is 4.07. The van der Waals surface area contributed by atoms with Crippen molar-refractivity contribution in [3.8, 4) is 0 Å². The van der Waals surface area contributed by atoms with E-state index in [1.54, 1.807) is 0 Å². The number of carbonyl (C=O) groups excluding carboxylic acids is 2. The molecule has 1 fully saturated rings. The number of nitrogens with zero attached hydrogens (tertiary/aromatic N) is 1. The molecule has 1 atom stereocenters. The Labute approximate surface area is 152 Å². The smallest absolute Gasteiger partial charge is 0.263 e. The van der Waals surface area contributed by atoms with Gasteiger partial charge in [-0.05, 0) is 49.3 Å². The minimum atomic E-state index is -0.0149. The number of aryl methyl sites for hydroxylation is 1. The standard InChI is InChI=1S/C20H24N2O2S/c1-14-6-3-4-7-17(14)15(2)21-19(23)16-9-11-22(12-10-16)20(24)18-8-5-13-25-18/h3-8,13,15-16H,9-12H2,1-2H3,(H,21,23). The van der Waals surface area contributed by atoms with Gasteiger partial charge in [-0.2, -0.15) is 0 Å². The van der Waals surface area contributed by atoms with Crippen LogP contribution in [0, 0.1) is 12.8 Å². The number of piperidine rings is 1. The van der Waals surface area contributed by atoms with Gasteiger partial charge in [0.15, 0.2) is 0 Å². The Bertz CT molecular complexity index is 734. The van der Waals surface area contributed by atoms with Crippen LogP contribution in [0.25, 0.3) is 0 Å². The highest BCUT2D eigenvalue weighted by Gasteiger charge is 2.28. The molecule has 0 saturated carbocycles. The summed E-state index contributed by atoms with van der Waals surface area (Å²) in [5, 5.41) is 5.06. The summed E-state index contributed by atoms with van der Waals surface area (Å²) in [5.74, 6) is 0.167. The Morgan fingerprint density at radius 2 is 1.88 bits per heavy atom. The Hall–Kier alpha value is -2.14. The van der Waals surface area contributed by atoms with E-state index in [2.05, 4.69) is 24.4 Å². The van der Waals surface area contributed by atoms with E-state index in [9.17, 15) is 9.59 Å². The summed E-state index contributed by atoms with van der Waals surface area (Å²) >= 11 is 1.47. The number of thiophene rings is 1. The van der Waals surface area contributed by atoms with Crippen LogP contribution in [-0.4, -0.2) is 29.8 Å². The van der Waals surface area contributed by atoms with E-state index in [4.69, 9.17) is 0 Å². The molecular weight excluding hydrogens is 332 g/mol. The topological polar surface area (TPSA) is 49.4 Å². The maximum atomic E-state index is 12.6. The van der Waals surface area contributed by atoms with Crippen molar-refractivity contribution < 1.29 is 9.59 Å². The van der Waals surface area contributed by atoms with E-state index < -0.39 is 0 Å². The van der Waals surface area contributed by atoms with E-state index in [0.29, 0.717) is 13.1 Å². The molecule has 1 aromatic heterocycles. The van der Waals surface area contributed by atoms with Gasteiger partial charge in [-0.1, -0.05) is 30.3 Å². The quantitative estimate of drug-likeness (QED) is 0.906. The summed E-state index contributed by atoms with van der Waals surface area (Å²) in [6.45, 7) is 5.38. The van der Waals surface area contributed by atoms with Crippen LogP contribution >= 0.6 is 11.3 Å². The van der Waals surface area contributed by atoms with Crippen molar-refractivity contribution in [2.45, 2.75) is 32.7 Å². The summed E-state index contributed by atoms with van der Waals surface area (Å²) in [7, 11) is 0. The average Bonchev–Trinajstić information content (AvgIpc) is 3.16. The van der Waals surface area contributed by atoms with E-state index in [1.807, 2.05) is 41.5 Å². The van der Waals surface area contributed by atoms with Gasteiger partial charge >= 0.3 is 0 Å². The molecule has 4 nitrogen and oxygen atoms in total.